The number of aromatic nitrogens is 4. The zero-order valence-corrected chi connectivity index (χ0v) is 18.0. The highest BCUT2D eigenvalue weighted by molar-refractivity contribution is 7.22. The number of thiophene rings is 1. The van der Waals surface area contributed by atoms with E-state index in [9.17, 15) is 4.79 Å². The Morgan fingerprint density at radius 3 is 2.68 bits per heavy atom. The van der Waals surface area contributed by atoms with Gasteiger partial charge in [0.15, 0.2) is 5.82 Å². The average molecular weight is 430 g/mol. The number of ether oxygens (including phenoxy) is 1. The number of nitrogens with zero attached hydrogens (tertiary/aromatic N) is 4. The lowest BCUT2D eigenvalue weighted by Gasteiger charge is -2.07. The Labute approximate surface area is 182 Å². The highest BCUT2D eigenvalue weighted by Crippen LogP contribution is 2.39. The first-order valence-electron chi connectivity index (χ1n) is 9.71. The van der Waals surface area contributed by atoms with Crippen LogP contribution in [0.1, 0.15) is 16.1 Å². The number of amides is 1. The van der Waals surface area contributed by atoms with Crippen molar-refractivity contribution in [3.63, 3.8) is 0 Å². The van der Waals surface area contributed by atoms with E-state index in [1.807, 2.05) is 48.9 Å². The molecule has 1 N–H and O–H groups in total. The number of rotatable bonds is 4. The summed E-state index contributed by atoms with van der Waals surface area (Å²) in [5.41, 5.74) is 3.36. The molecule has 1 amide bonds. The van der Waals surface area contributed by atoms with Gasteiger partial charge in [-0.2, -0.15) is 0 Å². The molecule has 31 heavy (non-hydrogen) atoms. The molecule has 0 radical (unpaired) electrons. The summed E-state index contributed by atoms with van der Waals surface area (Å²) in [6.45, 7) is 1.94. The number of carbonyl (C=O) groups is 1. The molecule has 1 aromatic carbocycles. The van der Waals surface area contributed by atoms with Gasteiger partial charge in [0.2, 0.25) is 0 Å². The normalized spacial score (nSPS) is 11.2. The van der Waals surface area contributed by atoms with Crippen LogP contribution in [0.3, 0.4) is 0 Å². The molecule has 154 valence electrons. The van der Waals surface area contributed by atoms with Gasteiger partial charge in [-0.05, 0) is 31.2 Å². The Bertz CT molecular complexity index is 1440. The maximum absolute atomic E-state index is 12.3. The van der Waals surface area contributed by atoms with Gasteiger partial charge in [-0.3, -0.25) is 9.78 Å². The van der Waals surface area contributed by atoms with E-state index in [0.29, 0.717) is 22.9 Å². The van der Waals surface area contributed by atoms with Crippen molar-refractivity contribution in [3.05, 3.63) is 66.2 Å². The van der Waals surface area contributed by atoms with E-state index in [4.69, 9.17) is 4.74 Å². The number of nitrogens with one attached hydrogen (secondary N) is 1. The molecule has 4 aromatic heterocycles. The molecule has 0 aliphatic carbocycles. The minimum absolute atomic E-state index is 0.0955. The van der Waals surface area contributed by atoms with Crippen LogP contribution in [0.2, 0.25) is 0 Å². The number of benzene rings is 1. The van der Waals surface area contributed by atoms with E-state index in [0.717, 1.165) is 31.7 Å². The Morgan fingerprint density at radius 2 is 1.90 bits per heavy atom. The zero-order valence-electron chi connectivity index (χ0n) is 17.2. The summed E-state index contributed by atoms with van der Waals surface area (Å²) in [5, 5.41) is 3.61. The molecule has 0 fully saturated rings. The number of aryl methyl sites for hydroxylation is 1. The highest BCUT2D eigenvalue weighted by Gasteiger charge is 2.18. The molecule has 4 heterocycles. The maximum atomic E-state index is 12.3. The smallest absolute Gasteiger partial charge is 0.253 e. The molecule has 0 saturated heterocycles. The summed E-state index contributed by atoms with van der Waals surface area (Å²) in [5.74, 6) is 1.98. The summed E-state index contributed by atoms with van der Waals surface area (Å²) < 4.78 is 9.19. The van der Waals surface area contributed by atoms with Gasteiger partial charge < -0.3 is 14.6 Å². The van der Waals surface area contributed by atoms with Gasteiger partial charge in [0.1, 0.15) is 11.5 Å². The summed E-state index contributed by atoms with van der Waals surface area (Å²) in [7, 11) is 3.59. The molecular weight excluding hydrogens is 410 g/mol. The maximum Gasteiger partial charge on any atom is 0.253 e. The van der Waals surface area contributed by atoms with E-state index in [-0.39, 0.29) is 5.91 Å². The van der Waals surface area contributed by atoms with Crippen LogP contribution in [0, 0.1) is 6.92 Å². The van der Waals surface area contributed by atoms with Crippen molar-refractivity contribution >= 4 is 38.4 Å². The largest absolute Gasteiger partial charge is 0.456 e. The number of carbonyl (C=O) groups excluding carboxylic acids is 1. The molecule has 8 heteroatoms. The SMILES string of the molecule is CNC(=O)c1c(C)n(C)c2cc(Oc3ccnc4cc(-c5ncccn5)sc34)ccc12. The van der Waals surface area contributed by atoms with Crippen molar-refractivity contribution in [2.75, 3.05) is 7.05 Å². The fourth-order valence-corrected chi connectivity index (χ4v) is 4.69. The standard InChI is InChI=1S/C23H19N5O2S/c1-13-20(23(29)24-2)15-6-5-14(11-17(15)28(13)3)30-18-7-10-25-16-12-19(31-21(16)18)22-26-8-4-9-27-22/h4-12H,1-3H3,(H,24,29). The van der Waals surface area contributed by atoms with Gasteiger partial charge in [0.25, 0.3) is 5.91 Å². The zero-order chi connectivity index (χ0) is 21.5. The first-order chi connectivity index (χ1) is 15.1. The molecule has 7 nitrogen and oxygen atoms in total. The minimum Gasteiger partial charge on any atom is -0.456 e. The van der Waals surface area contributed by atoms with Crippen molar-refractivity contribution in [2.45, 2.75) is 6.92 Å². The van der Waals surface area contributed by atoms with Crippen molar-refractivity contribution < 1.29 is 9.53 Å². The summed E-state index contributed by atoms with van der Waals surface area (Å²) in [4.78, 5) is 26.4. The number of pyridine rings is 1. The van der Waals surface area contributed by atoms with Crippen LogP contribution in [-0.2, 0) is 7.05 Å². The highest BCUT2D eigenvalue weighted by atomic mass is 32.1. The molecule has 0 atom stereocenters. The molecule has 0 spiro atoms. The second kappa shape index (κ2) is 7.48. The Morgan fingerprint density at radius 1 is 1.10 bits per heavy atom. The van der Waals surface area contributed by atoms with Crippen LogP contribution in [0.5, 0.6) is 11.5 Å². The third kappa shape index (κ3) is 3.21. The lowest BCUT2D eigenvalue weighted by atomic mass is 10.1. The monoisotopic (exact) mass is 429 g/mol. The van der Waals surface area contributed by atoms with Crippen LogP contribution >= 0.6 is 11.3 Å². The minimum atomic E-state index is -0.0955. The number of hydrogen-bond acceptors (Lipinski definition) is 6. The Kier molecular flexibility index (Phi) is 4.63. The molecule has 0 aliphatic heterocycles. The lowest BCUT2D eigenvalue weighted by molar-refractivity contribution is 0.0964. The third-order valence-electron chi connectivity index (χ3n) is 5.31. The van der Waals surface area contributed by atoms with E-state index in [1.54, 1.807) is 43.0 Å². The van der Waals surface area contributed by atoms with Crippen molar-refractivity contribution in [3.8, 4) is 22.2 Å². The van der Waals surface area contributed by atoms with E-state index < -0.39 is 0 Å². The van der Waals surface area contributed by atoms with Gasteiger partial charge in [0.05, 0.1) is 26.2 Å². The second-order valence-electron chi connectivity index (χ2n) is 7.09. The Hall–Kier alpha value is -3.78. The van der Waals surface area contributed by atoms with E-state index in [1.165, 1.54) is 0 Å². The molecular formula is C23H19N5O2S. The van der Waals surface area contributed by atoms with Crippen molar-refractivity contribution in [1.82, 2.24) is 24.8 Å². The van der Waals surface area contributed by atoms with Crippen LogP contribution in [-0.4, -0.2) is 32.5 Å². The fraction of sp³-hybridized carbons (Fsp3) is 0.130. The fourth-order valence-electron chi connectivity index (χ4n) is 3.68. The molecule has 0 saturated carbocycles. The Balaban J connectivity index is 1.56. The summed E-state index contributed by atoms with van der Waals surface area (Å²) in [6.07, 6.45) is 5.18. The summed E-state index contributed by atoms with van der Waals surface area (Å²) in [6, 6.07) is 11.4. The molecule has 5 aromatic rings. The average Bonchev–Trinajstić information content (AvgIpc) is 3.34. The van der Waals surface area contributed by atoms with Crippen LogP contribution in [0.4, 0.5) is 0 Å². The van der Waals surface area contributed by atoms with Crippen molar-refractivity contribution in [1.29, 1.82) is 0 Å². The van der Waals surface area contributed by atoms with Gasteiger partial charge in [-0.1, -0.05) is 0 Å². The van der Waals surface area contributed by atoms with Crippen molar-refractivity contribution in [2.24, 2.45) is 7.05 Å². The molecule has 5 rings (SSSR count). The van der Waals surface area contributed by atoms with E-state index in [2.05, 4.69) is 20.3 Å². The van der Waals surface area contributed by atoms with Gasteiger partial charge in [-0.25, -0.2) is 9.97 Å². The van der Waals surface area contributed by atoms with E-state index >= 15 is 0 Å². The molecule has 0 aliphatic rings. The quantitative estimate of drug-likeness (QED) is 0.448. The van der Waals surface area contributed by atoms with Crippen LogP contribution in [0.25, 0.3) is 31.8 Å². The third-order valence-corrected chi connectivity index (χ3v) is 6.44. The van der Waals surface area contributed by atoms with Crippen LogP contribution < -0.4 is 10.1 Å². The molecule has 0 bridgehead atoms. The number of fused-ring (bicyclic) bond motifs is 2. The van der Waals surface area contributed by atoms with Gasteiger partial charge in [-0.15, -0.1) is 11.3 Å². The van der Waals surface area contributed by atoms with Crippen LogP contribution in [0.15, 0.2) is 55.0 Å². The lowest BCUT2D eigenvalue weighted by Crippen LogP contribution is -2.18. The second-order valence-corrected chi connectivity index (χ2v) is 8.14. The number of hydrogen-bond donors (Lipinski definition) is 1. The first kappa shape index (κ1) is 19.2. The predicted molar refractivity (Wildman–Crippen MR) is 122 cm³/mol. The topological polar surface area (TPSA) is 81.9 Å². The summed E-state index contributed by atoms with van der Waals surface area (Å²) >= 11 is 1.55. The predicted octanol–water partition coefficient (Wildman–Crippen LogP) is 4.71. The first-order valence-corrected chi connectivity index (χ1v) is 10.5. The molecule has 0 unspecified atom stereocenters. The van der Waals surface area contributed by atoms with Gasteiger partial charge >= 0.3 is 0 Å². The van der Waals surface area contributed by atoms with Gasteiger partial charge in [0, 0.05) is 55.9 Å².